The van der Waals surface area contributed by atoms with Crippen LogP contribution in [0.2, 0.25) is 10.0 Å². The lowest BCUT2D eigenvalue weighted by Gasteiger charge is -2.46. The third-order valence-corrected chi connectivity index (χ3v) is 7.91. The fourth-order valence-electron chi connectivity index (χ4n) is 5.38. The van der Waals surface area contributed by atoms with Gasteiger partial charge in [0.25, 0.3) is 0 Å². The molecule has 2 aliphatic rings. The molecule has 0 spiro atoms. The highest BCUT2D eigenvalue weighted by Gasteiger charge is 2.36. The number of carbonyl (C=O) groups excluding carboxylic acids is 1. The fraction of sp³-hybridized carbons (Fsp3) is 0.462. The summed E-state index contributed by atoms with van der Waals surface area (Å²) in [6.45, 7) is 8.94. The topological polar surface area (TPSA) is 53.4 Å². The summed E-state index contributed by atoms with van der Waals surface area (Å²) in [6.07, 6.45) is 3.89. The minimum Gasteiger partial charge on any atom is -0.365 e. The molecule has 6 nitrogen and oxygen atoms in total. The van der Waals surface area contributed by atoms with E-state index in [0.29, 0.717) is 10.0 Å². The van der Waals surface area contributed by atoms with Crippen LogP contribution in [0.25, 0.3) is 11.0 Å². The molecule has 1 aromatic heterocycles. The van der Waals surface area contributed by atoms with Crippen molar-refractivity contribution in [1.82, 2.24) is 19.8 Å². The fourth-order valence-corrected chi connectivity index (χ4v) is 5.95. The number of imidazole rings is 1. The van der Waals surface area contributed by atoms with Gasteiger partial charge in [0, 0.05) is 40.9 Å². The Bertz CT molecular complexity index is 1210. The number of fused-ring (bicyclic) bond motifs is 1. The third-order valence-electron chi connectivity index (χ3n) is 7.35. The maximum atomic E-state index is 13.1. The second kappa shape index (κ2) is 9.40. The first-order chi connectivity index (χ1) is 16.3. The number of nitrogens with one attached hydrogen (secondary N) is 1. The van der Waals surface area contributed by atoms with Gasteiger partial charge in [-0.2, -0.15) is 0 Å². The summed E-state index contributed by atoms with van der Waals surface area (Å²) in [6, 6.07) is 12.4. The maximum absolute atomic E-state index is 13.1. The van der Waals surface area contributed by atoms with Gasteiger partial charge < -0.3 is 19.7 Å². The van der Waals surface area contributed by atoms with Crippen LogP contribution in [0.3, 0.4) is 0 Å². The van der Waals surface area contributed by atoms with Crippen LogP contribution in [-0.4, -0.2) is 58.1 Å². The summed E-state index contributed by atoms with van der Waals surface area (Å²) < 4.78 is 2.16. The van der Waals surface area contributed by atoms with E-state index in [0.717, 1.165) is 54.8 Å². The molecule has 8 heteroatoms. The molecule has 0 radical (unpaired) electrons. The predicted molar refractivity (Wildman–Crippen MR) is 139 cm³/mol. The monoisotopic (exact) mass is 499 g/mol. The van der Waals surface area contributed by atoms with Crippen LogP contribution < -0.4 is 10.2 Å². The Morgan fingerprint density at radius 1 is 1.12 bits per heavy atom. The number of piperazine rings is 1. The van der Waals surface area contributed by atoms with Crippen molar-refractivity contribution in [2.75, 3.05) is 24.5 Å². The van der Waals surface area contributed by atoms with Gasteiger partial charge in [0.05, 0.1) is 29.4 Å². The first-order valence-corrected chi connectivity index (χ1v) is 12.8. The van der Waals surface area contributed by atoms with Gasteiger partial charge in [0.15, 0.2) is 0 Å². The second-order valence-corrected chi connectivity index (χ2v) is 10.5. The van der Waals surface area contributed by atoms with Gasteiger partial charge in [-0.3, -0.25) is 4.79 Å². The summed E-state index contributed by atoms with van der Waals surface area (Å²) in [7, 11) is 0. The number of hydrogen-bond donors (Lipinski definition) is 1. The molecule has 0 aliphatic carbocycles. The highest BCUT2D eigenvalue weighted by atomic mass is 35.5. The quantitative estimate of drug-likeness (QED) is 0.540. The molecule has 3 aromatic rings. The maximum Gasteiger partial charge on any atom is 0.240 e. The van der Waals surface area contributed by atoms with Gasteiger partial charge in [-0.25, -0.2) is 4.98 Å². The highest BCUT2D eigenvalue weighted by molar-refractivity contribution is 6.35. The number of aromatic nitrogens is 2. The minimum atomic E-state index is -0.0203. The number of halogens is 2. The van der Waals surface area contributed by atoms with Gasteiger partial charge in [-0.15, -0.1) is 0 Å². The Morgan fingerprint density at radius 2 is 1.94 bits per heavy atom. The van der Waals surface area contributed by atoms with Crippen LogP contribution in [0.5, 0.6) is 0 Å². The number of rotatable bonds is 4. The third kappa shape index (κ3) is 4.28. The van der Waals surface area contributed by atoms with E-state index < -0.39 is 0 Å². The molecular formula is C26H31Cl2N5O. The van der Waals surface area contributed by atoms with Crippen LogP contribution in [0.1, 0.15) is 45.2 Å². The van der Waals surface area contributed by atoms with Crippen molar-refractivity contribution in [2.24, 2.45) is 0 Å². The summed E-state index contributed by atoms with van der Waals surface area (Å²) in [5.74, 6) is 0.249. The molecule has 2 aliphatic heterocycles. The van der Waals surface area contributed by atoms with Crippen LogP contribution in [0, 0.1) is 0 Å². The van der Waals surface area contributed by atoms with E-state index in [2.05, 4.69) is 63.6 Å². The number of amides is 1. The molecule has 2 fully saturated rings. The van der Waals surface area contributed by atoms with E-state index >= 15 is 0 Å². The number of benzene rings is 2. The number of carbonyl (C=O) groups is 1. The molecule has 5 rings (SSSR count). The SMILES string of the molecule is C[C@@H]1CN(c2ccc3ncn([C@H](C)c4ccc(Cl)cc4Cl)c3c2)[C@@H](C)CN1C(=O)[C@H]1CCCN1. The Balaban J connectivity index is 1.41. The smallest absolute Gasteiger partial charge is 0.240 e. The van der Waals surface area contributed by atoms with E-state index in [1.54, 1.807) is 6.07 Å². The Morgan fingerprint density at radius 3 is 2.68 bits per heavy atom. The molecule has 1 N–H and O–H groups in total. The molecular weight excluding hydrogens is 469 g/mol. The van der Waals surface area contributed by atoms with Crippen molar-refractivity contribution in [3.8, 4) is 0 Å². The van der Waals surface area contributed by atoms with Gasteiger partial charge >= 0.3 is 0 Å². The van der Waals surface area contributed by atoms with E-state index in [-0.39, 0.29) is 30.1 Å². The van der Waals surface area contributed by atoms with Crippen LogP contribution in [-0.2, 0) is 4.79 Å². The lowest BCUT2D eigenvalue weighted by atomic mass is 10.0. The first-order valence-electron chi connectivity index (χ1n) is 12.1. The van der Waals surface area contributed by atoms with Gasteiger partial charge in [0.1, 0.15) is 0 Å². The van der Waals surface area contributed by atoms with Crippen LogP contribution >= 0.6 is 23.2 Å². The molecule has 0 bridgehead atoms. The highest BCUT2D eigenvalue weighted by Crippen LogP contribution is 2.33. The number of nitrogens with zero attached hydrogens (tertiary/aromatic N) is 4. The van der Waals surface area contributed by atoms with Crippen molar-refractivity contribution in [2.45, 2.75) is 57.8 Å². The molecule has 2 saturated heterocycles. The number of hydrogen-bond acceptors (Lipinski definition) is 4. The van der Waals surface area contributed by atoms with E-state index in [1.165, 1.54) is 0 Å². The summed E-state index contributed by atoms with van der Waals surface area (Å²) in [4.78, 5) is 22.2. The zero-order chi connectivity index (χ0) is 24.0. The standard InChI is InChI=1S/C26H31Cl2N5O/c1-16-14-32(26(34)24-5-4-10-29-24)17(2)13-31(16)20-7-9-23-25(12-20)33(15-30-23)18(3)21-8-6-19(27)11-22(21)28/h6-9,11-12,15-18,24,29H,4-5,10,13-14H2,1-3H3/t16-,17+,18+,24+/m0/s1. The van der Waals surface area contributed by atoms with Crippen LogP contribution in [0.4, 0.5) is 5.69 Å². The normalized spacial score (nSPS) is 24.1. The van der Waals surface area contributed by atoms with Gasteiger partial charge in [0.2, 0.25) is 5.91 Å². The average molecular weight is 500 g/mol. The summed E-state index contributed by atoms with van der Waals surface area (Å²) >= 11 is 12.6. The Hall–Kier alpha value is -2.28. The zero-order valence-corrected chi connectivity index (χ0v) is 21.4. The molecule has 2 aromatic carbocycles. The van der Waals surface area contributed by atoms with E-state index in [9.17, 15) is 4.79 Å². The molecule has 0 saturated carbocycles. The summed E-state index contributed by atoms with van der Waals surface area (Å²) in [5, 5.41) is 4.63. The summed E-state index contributed by atoms with van der Waals surface area (Å²) in [5.41, 5.74) is 4.16. The van der Waals surface area contributed by atoms with Crippen molar-refractivity contribution in [3.05, 3.63) is 58.3 Å². The minimum absolute atomic E-state index is 0.00902. The van der Waals surface area contributed by atoms with Gasteiger partial charge in [-0.05, 0) is 76.1 Å². The van der Waals surface area contributed by atoms with Gasteiger partial charge in [-0.1, -0.05) is 29.3 Å². The molecule has 0 unspecified atom stereocenters. The largest absolute Gasteiger partial charge is 0.365 e. The lowest BCUT2D eigenvalue weighted by molar-refractivity contribution is -0.136. The molecule has 34 heavy (non-hydrogen) atoms. The van der Waals surface area contributed by atoms with Crippen molar-refractivity contribution in [1.29, 1.82) is 0 Å². The van der Waals surface area contributed by atoms with Crippen molar-refractivity contribution in [3.63, 3.8) is 0 Å². The van der Waals surface area contributed by atoms with Crippen LogP contribution in [0.15, 0.2) is 42.7 Å². The number of anilines is 1. The second-order valence-electron chi connectivity index (χ2n) is 9.66. The average Bonchev–Trinajstić information content (AvgIpc) is 3.49. The van der Waals surface area contributed by atoms with Crippen molar-refractivity contribution >= 4 is 45.8 Å². The molecule has 180 valence electrons. The first kappa shape index (κ1) is 23.5. The van der Waals surface area contributed by atoms with Crippen molar-refractivity contribution < 1.29 is 4.79 Å². The van der Waals surface area contributed by atoms with E-state index in [4.69, 9.17) is 23.2 Å². The zero-order valence-electron chi connectivity index (χ0n) is 19.8. The molecule has 1 amide bonds. The molecule has 4 atom stereocenters. The lowest BCUT2D eigenvalue weighted by Crippen LogP contribution is -2.60. The Kier molecular flexibility index (Phi) is 6.49. The predicted octanol–water partition coefficient (Wildman–Crippen LogP) is 5.13. The molecule has 3 heterocycles. The Labute approximate surface area is 210 Å². The van der Waals surface area contributed by atoms with E-state index in [1.807, 2.05) is 18.5 Å².